The molecule has 0 aromatic carbocycles. The number of hydrogen-bond acceptors (Lipinski definition) is 1. The van der Waals surface area contributed by atoms with Crippen LogP contribution < -0.4 is 0 Å². The van der Waals surface area contributed by atoms with Crippen molar-refractivity contribution in [2.24, 2.45) is 0 Å². The standard InChI is InChI=1S/C5H5Cl3O2/c6-2-3(5(7)8)1-4(9)10/h1,5H,2H2,(H,9,10)/b3-1+. The highest BCUT2D eigenvalue weighted by molar-refractivity contribution is 6.46. The molecule has 0 heterocycles. The lowest BCUT2D eigenvalue weighted by Crippen LogP contribution is -2.00. The van der Waals surface area contributed by atoms with Crippen molar-refractivity contribution in [3.05, 3.63) is 11.6 Å². The number of hydrogen-bond donors (Lipinski definition) is 1. The van der Waals surface area contributed by atoms with E-state index in [1.54, 1.807) is 0 Å². The average Bonchev–Trinajstić information content (AvgIpc) is 1.81. The van der Waals surface area contributed by atoms with Crippen LogP contribution in [0.2, 0.25) is 0 Å². The van der Waals surface area contributed by atoms with Gasteiger partial charge in [0.25, 0.3) is 0 Å². The Morgan fingerprint density at radius 2 is 2.10 bits per heavy atom. The number of allylic oxidation sites excluding steroid dienone is 1. The maximum atomic E-state index is 10.0. The predicted octanol–water partition coefficient (Wildman–Crippen LogP) is 2.04. The Bertz CT molecular complexity index is 153. The van der Waals surface area contributed by atoms with Crippen LogP contribution in [0.3, 0.4) is 0 Å². The Balaban J connectivity index is 4.18. The zero-order valence-electron chi connectivity index (χ0n) is 4.85. The zero-order valence-corrected chi connectivity index (χ0v) is 7.12. The first kappa shape index (κ1) is 10.1. The van der Waals surface area contributed by atoms with Crippen LogP contribution in [0.4, 0.5) is 0 Å². The number of aliphatic carboxylic acids is 1. The fourth-order valence-corrected chi connectivity index (χ4v) is 0.988. The summed E-state index contributed by atoms with van der Waals surface area (Å²) in [5.41, 5.74) is 0.289. The molecule has 0 aromatic heterocycles. The first-order chi connectivity index (χ1) is 4.57. The first-order valence-electron chi connectivity index (χ1n) is 2.35. The lowest BCUT2D eigenvalue weighted by Gasteiger charge is -2.00. The number of rotatable bonds is 3. The molecule has 5 heteroatoms. The number of carbonyl (C=O) groups is 1. The molecular formula is C5H5Cl3O2. The summed E-state index contributed by atoms with van der Waals surface area (Å²) in [5, 5.41) is 8.21. The van der Waals surface area contributed by atoms with Crippen molar-refractivity contribution < 1.29 is 9.90 Å². The highest BCUT2D eigenvalue weighted by Crippen LogP contribution is 2.15. The molecule has 0 radical (unpaired) electrons. The third-order valence-corrected chi connectivity index (χ3v) is 1.61. The summed E-state index contributed by atoms with van der Waals surface area (Å²) in [6.07, 6.45) is 0.900. The minimum atomic E-state index is -1.10. The Labute approximate surface area is 73.4 Å². The van der Waals surface area contributed by atoms with E-state index in [0.29, 0.717) is 0 Å². The third kappa shape index (κ3) is 3.99. The monoisotopic (exact) mass is 202 g/mol. The molecule has 0 rings (SSSR count). The van der Waals surface area contributed by atoms with Crippen LogP contribution in [0.5, 0.6) is 0 Å². The molecule has 0 saturated carbocycles. The van der Waals surface area contributed by atoms with Gasteiger partial charge in [-0.25, -0.2) is 4.79 Å². The van der Waals surface area contributed by atoms with Gasteiger partial charge in [0.2, 0.25) is 0 Å². The van der Waals surface area contributed by atoms with Gasteiger partial charge in [0.05, 0.1) is 0 Å². The quantitative estimate of drug-likeness (QED) is 0.563. The third-order valence-electron chi connectivity index (χ3n) is 0.743. The van der Waals surface area contributed by atoms with Crippen molar-refractivity contribution in [3.8, 4) is 0 Å². The van der Waals surface area contributed by atoms with Gasteiger partial charge in [-0.05, 0) is 5.57 Å². The van der Waals surface area contributed by atoms with Gasteiger partial charge in [-0.1, -0.05) is 0 Å². The molecule has 0 spiro atoms. The topological polar surface area (TPSA) is 37.3 Å². The number of alkyl halides is 3. The van der Waals surface area contributed by atoms with E-state index >= 15 is 0 Å². The molecule has 0 bridgehead atoms. The summed E-state index contributed by atoms with van der Waals surface area (Å²) in [6.45, 7) is 0. The van der Waals surface area contributed by atoms with Gasteiger partial charge in [0.15, 0.2) is 0 Å². The van der Waals surface area contributed by atoms with Crippen LogP contribution in [0.25, 0.3) is 0 Å². The van der Waals surface area contributed by atoms with Gasteiger partial charge >= 0.3 is 5.97 Å². The van der Waals surface area contributed by atoms with Crippen molar-refractivity contribution in [1.82, 2.24) is 0 Å². The summed E-state index contributed by atoms with van der Waals surface area (Å²) in [5.74, 6) is -1.06. The SMILES string of the molecule is O=C(O)/C=C(\CCl)C(Cl)Cl. The summed E-state index contributed by atoms with van der Waals surface area (Å²) in [6, 6.07) is 0. The largest absolute Gasteiger partial charge is 0.478 e. The second-order valence-corrected chi connectivity index (χ2v) is 2.86. The van der Waals surface area contributed by atoms with E-state index in [4.69, 9.17) is 39.9 Å². The summed E-state index contributed by atoms with van der Waals surface area (Å²) in [4.78, 5) is 9.18. The van der Waals surface area contributed by atoms with E-state index in [0.717, 1.165) is 6.08 Å². The summed E-state index contributed by atoms with van der Waals surface area (Å²) in [7, 11) is 0. The Kier molecular flexibility index (Phi) is 4.87. The molecule has 0 fully saturated rings. The van der Waals surface area contributed by atoms with Crippen LogP contribution in [-0.2, 0) is 4.79 Å². The molecular weight excluding hydrogens is 198 g/mol. The minimum absolute atomic E-state index is 0.0317. The van der Waals surface area contributed by atoms with Gasteiger partial charge < -0.3 is 5.11 Å². The molecule has 0 unspecified atom stereocenters. The van der Waals surface area contributed by atoms with E-state index in [2.05, 4.69) is 0 Å². The number of carboxylic acids is 1. The van der Waals surface area contributed by atoms with Crippen LogP contribution in [0.15, 0.2) is 11.6 Å². The Morgan fingerprint density at radius 3 is 2.20 bits per heavy atom. The fraction of sp³-hybridized carbons (Fsp3) is 0.400. The summed E-state index contributed by atoms with van der Waals surface area (Å²) >= 11 is 16.0. The summed E-state index contributed by atoms with van der Waals surface area (Å²) < 4.78 is 0. The number of halogens is 3. The van der Waals surface area contributed by atoms with Crippen molar-refractivity contribution >= 4 is 40.8 Å². The minimum Gasteiger partial charge on any atom is -0.478 e. The van der Waals surface area contributed by atoms with Gasteiger partial charge in [-0.15, -0.1) is 34.8 Å². The predicted molar refractivity (Wildman–Crippen MR) is 41.9 cm³/mol. The lowest BCUT2D eigenvalue weighted by atomic mass is 10.3. The Morgan fingerprint density at radius 1 is 1.60 bits per heavy atom. The molecule has 58 valence electrons. The van der Waals surface area contributed by atoms with Crippen molar-refractivity contribution in [2.45, 2.75) is 4.84 Å². The fourth-order valence-electron chi connectivity index (χ4n) is 0.318. The second-order valence-electron chi connectivity index (χ2n) is 1.49. The van der Waals surface area contributed by atoms with Crippen molar-refractivity contribution in [1.29, 1.82) is 0 Å². The molecule has 0 aliphatic rings. The van der Waals surface area contributed by atoms with Gasteiger partial charge in [0.1, 0.15) is 4.84 Å². The second kappa shape index (κ2) is 4.83. The molecule has 2 nitrogen and oxygen atoms in total. The molecule has 0 saturated heterocycles. The highest BCUT2D eigenvalue weighted by atomic mass is 35.5. The van der Waals surface area contributed by atoms with Gasteiger partial charge in [0, 0.05) is 12.0 Å². The van der Waals surface area contributed by atoms with Crippen LogP contribution in [0, 0.1) is 0 Å². The molecule has 10 heavy (non-hydrogen) atoms. The highest BCUT2D eigenvalue weighted by Gasteiger charge is 2.07. The molecule has 1 N–H and O–H groups in total. The maximum absolute atomic E-state index is 10.0. The molecule has 0 atom stereocenters. The average molecular weight is 203 g/mol. The van der Waals surface area contributed by atoms with E-state index in [1.165, 1.54) is 0 Å². The van der Waals surface area contributed by atoms with Crippen molar-refractivity contribution in [3.63, 3.8) is 0 Å². The van der Waals surface area contributed by atoms with Gasteiger partial charge in [-0.2, -0.15) is 0 Å². The van der Waals surface area contributed by atoms with Crippen molar-refractivity contribution in [2.75, 3.05) is 5.88 Å². The van der Waals surface area contributed by atoms with Crippen LogP contribution >= 0.6 is 34.8 Å². The molecule has 0 amide bonds. The van der Waals surface area contributed by atoms with Crippen LogP contribution in [0.1, 0.15) is 0 Å². The normalized spacial score (nSPS) is 12.2. The molecule has 0 aliphatic heterocycles. The van der Waals surface area contributed by atoms with E-state index in [1.807, 2.05) is 0 Å². The molecule has 0 aromatic rings. The Hall–Kier alpha value is 0.0800. The van der Waals surface area contributed by atoms with Gasteiger partial charge in [-0.3, -0.25) is 0 Å². The smallest absolute Gasteiger partial charge is 0.328 e. The maximum Gasteiger partial charge on any atom is 0.328 e. The van der Waals surface area contributed by atoms with Crippen LogP contribution in [-0.4, -0.2) is 21.8 Å². The first-order valence-corrected chi connectivity index (χ1v) is 3.76. The number of carboxylic acid groups (broad SMARTS) is 1. The zero-order chi connectivity index (χ0) is 8.15. The van der Waals surface area contributed by atoms with E-state index in [9.17, 15) is 4.79 Å². The molecule has 0 aliphatic carbocycles. The lowest BCUT2D eigenvalue weighted by molar-refractivity contribution is -0.131. The van der Waals surface area contributed by atoms with E-state index in [-0.39, 0.29) is 11.5 Å². The van der Waals surface area contributed by atoms with E-state index < -0.39 is 10.8 Å².